The predicted octanol–water partition coefficient (Wildman–Crippen LogP) is 4.00. The molecule has 2 aromatic heterocycles. The Bertz CT molecular complexity index is 1020. The van der Waals surface area contributed by atoms with Gasteiger partial charge in [0.1, 0.15) is 6.61 Å². The molecule has 0 atom stereocenters. The average molecular weight is 384 g/mol. The van der Waals surface area contributed by atoms with Crippen LogP contribution in [0.25, 0.3) is 10.4 Å². The number of carbonyl (C=O) groups is 1. The molecule has 0 saturated heterocycles. The summed E-state index contributed by atoms with van der Waals surface area (Å²) in [5.41, 5.74) is 1.52. The fourth-order valence-corrected chi connectivity index (χ4v) is 3.98. The van der Waals surface area contributed by atoms with Crippen LogP contribution in [-0.4, -0.2) is 34.0 Å². The number of halogens is 1. The number of aromatic nitrogens is 1. The van der Waals surface area contributed by atoms with Gasteiger partial charge < -0.3 is 14.7 Å². The number of thiophene rings is 1. The third kappa shape index (κ3) is 3.38. The summed E-state index contributed by atoms with van der Waals surface area (Å²) in [4.78, 5) is 20.2. The zero-order valence-corrected chi connectivity index (χ0v) is 15.4. The van der Waals surface area contributed by atoms with Gasteiger partial charge in [0.25, 0.3) is 5.91 Å². The first-order valence-electron chi connectivity index (χ1n) is 8.47. The first-order chi connectivity index (χ1) is 13.0. The third-order valence-electron chi connectivity index (χ3n) is 4.43. The number of amides is 1. The molecule has 0 saturated carbocycles. The zero-order chi connectivity index (χ0) is 19.0. The molecule has 27 heavy (non-hydrogen) atoms. The van der Waals surface area contributed by atoms with E-state index in [2.05, 4.69) is 4.98 Å². The summed E-state index contributed by atoms with van der Waals surface area (Å²) in [5, 5.41) is 10.4. The van der Waals surface area contributed by atoms with Crippen LogP contribution in [0.3, 0.4) is 0 Å². The minimum Gasteiger partial charge on any atom is -0.504 e. The van der Waals surface area contributed by atoms with Gasteiger partial charge in [-0.25, -0.2) is 4.39 Å². The van der Waals surface area contributed by atoms with Crippen LogP contribution in [0.15, 0.2) is 42.7 Å². The second-order valence-corrected chi connectivity index (χ2v) is 7.61. The number of aryl methyl sites for hydroxylation is 1. The predicted molar refractivity (Wildman–Crippen MR) is 101 cm³/mol. The van der Waals surface area contributed by atoms with Crippen LogP contribution in [0.4, 0.5) is 4.39 Å². The van der Waals surface area contributed by atoms with Crippen molar-refractivity contribution in [2.75, 3.05) is 13.2 Å². The van der Waals surface area contributed by atoms with Crippen LogP contribution >= 0.6 is 11.3 Å². The number of hydrogen-bond donors (Lipinski definition) is 1. The lowest BCUT2D eigenvalue weighted by molar-refractivity contribution is 0.0728. The van der Waals surface area contributed by atoms with Crippen LogP contribution in [0.1, 0.15) is 20.8 Å². The van der Waals surface area contributed by atoms with Crippen molar-refractivity contribution >= 4 is 17.2 Å². The van der Waals surface area contributed by atoms with Crippen molar-refractivity contribution < 1.29 is 19.0 Å². The van der Waals surface area contributed by atoms with Crippen molar-refractivity contribution in [1.29, 1.82) is 0 Å². The number of nitrogens with zero attached hydrogens (tertiary/aromatic N) is 2. The summed E-state index contributed by atoms with van der Waals surface area (Å²) < 4.78 is 19.6. The van der Waals surface area contributed by atoms with Gasteiger partial charge in [0.05, 0.1) is 18.3 Å². The van der Waals surface area contributed by atoms with E-state index < -0.39 is 11.7 Å². The van der Waals surface area contributed by atoms with Gasteiger partial charge in [-0.05, 0) is 42.8 Å². The number of phenols is 1. The molecule has 0 radical (unpaired) electrons. The number of benzene rings is 1. The number of hydrogen-bond acceptors (Lipinski definition) is 5. The van der Waals surface area contributed by atoms with Crippen LogP contribution in [0, 0.1) is 12.7 Å². The molecule has 138 valence electrons. The van der Waals surface area contributed by atoms with Crippen LogP contribution < -0.4 is 4.74 Å². The SMILES string of the molecule is Cc1ccc(-c2cc(O)c3c(c2)CN(C(=O)c2ccncc2F)CCO3)s1. The molecule has 1 aliphatic rings. The third-order valence-corrected chi connectivity index (χ3v) is 5.48. The highest BCUT2D eigenvalue weighted by atomic mass is 32.1. The van der Waals surface area contributed by atoms with Gasteiger partial charge in [-0.2, -0.15) is 0 Å². The first kappa shape index (κ1) is 17.5. The van der Waals surface area contributed by atoms with Crippen LogP contribution in [-0.2, 0) is 6.54 Å². The molecule has 5 nitrogen and oxygen atoms in total. The van der Waals surface area contributed by atoms with E-state index >= 15 is 0 Å². The molecule has 3 aromatic rings. The van der Waals surface area contributed by atoms with E-state index in [0.717, 1.165) is 16.6 Å². The summed E-state index contributed by atoms with van der Waals surface area (Å²) in [6.07, 6.45) is 2.42. The van der Waals surface area contributed by atoms with Crippen LogP contribution in [0.2, 0.25) is 0 Å². The Morgan fingerprint density at radius 3 is 2.93 bits per heavy atom. The number of ether oxygens (including phenoxy) is 1. The lowest BCUT2D eigenvalue weighted by atomic mass is 10.1. The summed E-state index contributed by atoms with van der Waals surface area (Å²) in [6, 6.07) is 8.96. The Kier molecular flexibility index (Phi) is 4.53. The van der Waals surface area contributed by atoms with E-state index in [1.54, 1.807) is 17.4 Å². The molecule has 1 amide bonds. The van der Waals surface area contributed by atoms with Gasteiger partial charge >= 0.3 is 0 Å². The normalized spacial score (nSPS) is 13.6. The largest absolute Gasteiger partial charge is 0.504 e. The Morgan fingerprint density at radius 1 is 1.33 bits per heavy atom. The van der Waals surface area contributed by atoms with Gasteiger partial charge in [-0.15, -0.1) is 11.3 Å². The minimum absolute atomic E-state index is 0.0253. The molecule has 0 unspecified atom stereocenters. The molecule has 7 heteroatoms. The maximum absolute atomic E-state index is 14.0. The molecule has 1 aromatic carbocycles. The fourth-order valence-electron chi connectivity index (χ4n) is 3.12. The minimum atomic E-state index is -0.654. The monoisotopic (exact) mass is 384 g/mol. The number of rotatable bonds is 2. The number of pyridine rings is 1. The average Bonchev–Trinajstić information content (AvgIpc) is 2.96. The molecule has 3 heterocycles. The van der Waals surface area contributed by atoms with Gasteiger partial charge in [0.15, 0.2) is 17.3 Å². The fraction of sp³-hybridized carbons (Fsp3) is 0.200. The summed E-state index contributed by atoms with van der Waals surface area (Å²) in [6.45, 7) is 2.75. The Balaban J connectivity index is 1.70. The van der Waals surface area contributed by atoms with Gasteiger partial charge in [-0.1, -0.05) is 0 Å². The lowest BCUT2D eigenvalue weighted by Crippen LogP contribution is -2.33. The molecular formula is C20H17FN2O3S. The van der Waals surface area contributed by atoms with E-state index in [1.807, 2.05) is 25.1 Å². The van der Waals surface area contributed by atoms with Crippen molar-refractivity contribution in [3.05, 3.63) is 64.5 Å². The van der Waals surface area contributed by atoms with Crippen molar-refractivity contribution in [1.82, 2.24) is 9.88 Å². The number of aromatic hydroxyl groups is 1. The van der Waals surface area contributed by atoms with Gasteiger partial charge in [0.2, 0.25) is 0 Å². The number of fused-ring (bicyclic) bond motifs is 1. The second kappa shape index (κ2) is 7.00. The van der Waals surface area contributed by atoms with Crippen molar-refractivity contribution in [3.8, 4) is 21.9 Å². The van der Waals surface area contributed by atoms with E-state index in [0.29, 0.717) is 17.9 Å². The van der Waals surface area contributed by atoms with E-state index in [4.69, 9.17) is 4.74 Å². The molecular weight excluding hydrogens is 367 g/mol. The summed E-state index contributed by atoms with van der Waals surface area (Å²) in [7, 11) is 0. The Morgan fingerprint density at radius 2 is 2.19 bits per heavy atom. The Hall–Kier alpha value is -2.93. The van der Waals surface area contributed by atoms with Crippen molar-refractivity contribution in [2.45, 2.75) is 13.5 Å². The molecule has 0 aliphatic carbocycles. The standard InChI is InChI=1S/C20H17FN2O3S/c1-12-2-3-18(27-12)13-8-14-11-23(6-7-26-19(14)17(24)9-13)20(25)15-4-5-22-10-16(15)21/h2-5,8-10,24H,6-7,11H2,1H3. The maximum Gasteiger partial charge on any atom is 0.257 e. The molecule has 0 spiro atoms. The van der Waals surface area contributed by atoms with Gasteiger partial charge in [0, 0.05) is 28.1 Å². The zero-order valence-electron chi connectivity index (χ0n) is 14.6. The van der Waals surface area contributed by atoms with Crippen molar-refractivity contribution in [2.24, 2.45) is 0 Å². The van der Waals surface area contributed by atoms with E-state index in [1.165, 1.54) is 22.0 Å². The van der Waals surface area contributed by atoms with E-state index in [9.17, 15) is 14.3 Å². The van der Waals surface area contributed by atoms with Crippen molar-refractivity contribution in [3.63, 3.8) is 0 Å². The molecule has 0 fully saturated rings. The van der Waals surface area contributed by atoms with Crippen LogP contribution in [0.5, 0.6) is 11.5 Å². The smallest absolute Gasteiger partial charge is 0.257 e. The Labute approximate surface area is 159 Å². The second-order valence-electron chi connectivity index (χ2n) is 6.32. The summed E-state index contributed by atoms with van der Waals surface area (Å²) >= 11 is 1.62. The highest BCUT2D eigenvalue weighted by Gasteiger charge is 2.25. The maximum atomic E-state index is 14.0. The lowest BCUT2D eigenvalue weighted by Gasteiger charge is -2.20. The molecule has 1 N–H and O–H groups in total. The quantitative estimate of drug-likeness (QED) is 0.726. The van der Waals surface area contributed by atoms with E-state index in [-0.39, 0.29) is 24.5 Å². The highest BCUT2D eigenvalue weighted by molar-refractivity contribution is 7.15. The molecule has 0 bridgehead atoms. The molecule has 1 aliphatic heterocycles. The number of phenolic OH excluding ortho intramolecular Hbond substituents is 1. The summed E-state index contributed by atoms with van der Waals surface area (Å²) in [5.74, 6) is -0.669. The highest BCUT2D eigenvalue weighted by Crippen LogP contribution is 2.39. The first-order valence-corrected chi connectivity index (χ1v) is 9.29. The van der Waals surface area contributed by atoms with Gasteiger partial charge in [-0.3, -0.25) is 9.78 Å². The topological polar surface area (TPSA) is 62.7 Å². The molecule has 4 rings (SSSR count). The number of carbonyl (C=O) groups excluding carboxylic acids is 1.